The van der Waals surface area contributed by atoms with Crippen LogP contribution in [0.2, 0.25) is 0 Å². The fourth-order valence-electron chi connectivity index (χ4n) is 3.36. The first-order valence-electron chi connectivity index (χ1n) is 10.3. The lowest BCUT2D eigenvalue weighted by Gasteiger charge is -2.23. The highest BCUT2D eigenvalue weighted by Gasteiger charge is 2.19. The van der Waals surface area contributed by atoms with Gasteiger partial charge in [0, 0.05) is 34.0 Å². The molecule has 0 radical (unpaired) electrons. The number of para-hydroxylation sites is 1. The average Bonchev–Trinajstić information content (AvgIpc) is 3.36. The number of thiophene rings is 1. The van der Waals surface area contributed by atoms with E-state index in [-0.39, 0.29) is 5.91 Å². The van der Waals surface area contributed by atoms with Crippen molar-refractivity contribution in [2.24, 2.45) is 0 Å². The van der Waals surface area contributed by atoms with E-state index in [1.807, 2.05) is 83.1 Å². The molecule has 0 aliphatic carbocycles. The Balaban J connectivity index is 1.49. The number of hydrogen-bond acceptors (Lipinski definition) is 5. The van der Waals surface area contributed by atoms with Gasteiger partial charge in [0.1, 0.15) is 18.1 Å². The SMILES string of the molecule is COc1ccccc1CN(Cc1cccs1)C(=O)c1ccc(OCc2cccnc2)cc1. The largest absolute Gasteiger partial charge is 0.496 e. The fraction of sp³-hybridized carbons (Fsp3) is 0.154. The van der Waals surface area contributed by atoms with Crippen LogP contribution in [0.15, 0.2) is 90.6 Å². The first-order valence-corrected chi connectivity index (χ1v) is 11.2. The fourth-order valence-corrected chi connectivity index (χ4v) is 4.08. The van der Waals surface area contributed by atoms with E-state index in [0.717, 1.165) is 21.8 Å². The standard InChI is InChI=1S/C26H24N2O3S/c1-30-25-9-3-2-7-22(25)17-28(18-24-8-5-15-32-24)26(29)21-10-12-23(13-11-21)31-19-20-6-4-14-27-16-20/h2-16H,17-19H2,1H3. The Morgan fingerprint density at radius 3 is 2.53 bits per heavy atom. The second-order valence-electron chi connectivity index (χ2n) is 7.23. The van der Waals surface area contributed by atoms with Crippen LogP contribution < -0.4 is 9.47 Å². The van der Waals surface area contributed by atoms with Crippen molar-refractivity contribution in [2.45, 2.75) is 19.7 Å². The third-order valence-electron chi connectivity index (χ3n) is 5.00. The normalized spacial score (nSPS) is 10.5. The molecule has 0 N–H and O–H groups in total. The number of carbonyl (C=O) groups excluding carboxylic acids is 1. The van der Waals surface area contributed by atoms with Gasteiger partial charge in [0.15, 0.2) is 0 Å². The van der Waals surface area contributed by atoms with Crippen molar-refractivity contribution in [3.05, 3.63) is 112 Å². The maximum atomic E-state index is 13.4. The summed E-state index contributed by atoms with van der Waals surface area (Å²) in [4.78, 5) is 20.5. The van der Waals surface area contributed by atoms with Crippen molar-refractivity contribution in [3.8, 4) is 11.5 Å². The molecular formula is C26H24N2O3S. The van der Waals surface area contributed by atoms with Gasteiger partial charge < -0.3 is 14.4 Å². The molecule has 2 heterocycles. The smallest absolute Gasteiger partial charge is 0.254 e. The maximum absolute atomic E-state index is 13.4. The lowest BCUT2D eigenvalue weighted by atomic mass is 10.1. The Hall–Kier alpha value is -3.64. The third kappa shape index (κ3) is 5.53. The van der Waals surface area contributed by atoms with Crippen LogP contribution in [0, 0.1) is 0 Å². The number of rotatable bonds is 9. The molecule has 1 amide bonds. The van der Waals surface area contributed by atoms with Crippen molar-refractivity contribution in [1.82, 2.24) is 9.88 Å². The number of nitrogens with zero attached hydrogens (tertiary/aromatic N) is 2. The van der Waals surface area contributed by atoms with E-state index in [9.17, 15) is 4.79 Å². The number of methoxy groups -OCH3 is 1. The summed E-state index contributed by atoms with van der Waals surface area (Å²) < 4.78 is 11.3. The van der Waals surface area contributed by atoms with Crippen LogP contribution in [0.1, 0.15) is 26.4 Å². The van der Waals surface area contributed by atoms with E-state index >= 15 is 0 Å². The molecule has 2 aromatic carbocycles. The van der Waals surface area contributed by atoms with E-state index in [1.165, 1.54) is 0 Å². The van der Waals surface area contributed by atoms with Crippen LogP contribution in [-0.4, -0.2) is 22.9 Å². The van der Waals surface area contributed by atoms with Gasteiger partial charge in [-0.2, -0.15) is 0 Å². The van der Waals surface area contributed by atoms with Gasteiger partial charge in [0.2, 0.25) is 0 Å². The summed E-state index contributed by atoms with van der Waals surface area (Å²) >= 11 is 1.64. The monoisotopic (exact) mass is 444 g/mol. The summed E-state index contributed by atoms with van der Waals surface area (Å²) in [5.74, 6) is 1.44. The van der Waals surface area contributed by atoms with Crippen LogP contribution in [0.25, 0.3) is 0 Å². The summed E-state index contributed by atoms with van der Waals surface area (Å²) in [5.41, 5.74) is 2.58. The Morgan fingerprint density at radius 1 is 0.969 bits per heavy atom. The number of aromatic nitrogens is 1. The van der Waals surface area contributed by atoms with E-state index in [2.05, 4.69) is 4.98 Å². The molecule has 0 saturated heterocycles. The number of pyridine rings is 1. The highest BCUT2D eigenvalue weighted by atomic mass is 32.1. The zero-order valence-electron chi connectivity index (χ0n) is 17.8. The van der Waals surface area contributed by atoms with Crippen LogP contribution in [0.3, 0.4) is 0 Å². The van der Waals surface area contributed by atoms with Crippen LogP contribution in [0.4, 0.5) is 0 Å². The third-order valence-corrected chi connectivity index (χ3v) is 5.86. The van der Waals surface area contributed by atoms with Crippen LogP contribution in [0.5, 0.6) is 11.5 Å². The summed E-state index contributed by atoms with van der Waals surface area (Å²) in [6.45, 7) is 1.42. The minimum absolute atomic E-state index is 0.0388. The predicted molar refractivity (Wildman–Crippen MR) is 126 cm³/mol. The highest BCUT2D eigenvalue weighted by molar-refractivity contribution is 7.09. The molecule has 0 atom stereocenters. The first kappa shape index (κ1) is 21.6. The molecular weight excluding hydrogens is 420 g/mol. The van der Waals surface area contributed by atoms with E-state index in [0.29, 0.717) is 31.0 Å². The number of benzene rings is 2. The Bertz CT molecular complexity index is 1130. The molecule has 162 valence electrons. The molecule has 0 saturated carbocycles. The summed E-state index contributed by atoms with van der Waals surface area (Å²) in [6, 6.07) is 23.0. The number of amides is 1. The molecule has 0 aliphatic heterocycles. The van der Waals surface area contributed by atoms with Gasteiger partial charge in [0.25, 0.3) is 5.91 Å². The highest BCUT2D eigenvalue weighted by Crippen LogP contribution is 2.23. The number of ether oxygens (including phenoxy) is 2. The van der Waals surface area contributed by atoms with Crippen molar-refractivity contribution >= 4 is 17.2 Å². The molecule has 6 heteroatoms. The predicted octanol–water partition coefficient (Wildman–Crippen LogP) is 5.57. The second-order valence-corrected chi connectivity index (χ2v) is 8.26. The molecule has 2 aromatic heterocycles. The molecule has 5 nitrogen and oxygen atoms in total. The van der Waals surface area contributed by atoms with E-state index < -0.39 is 0 Å². The number of carbonyl (C=O) groups is 1. The van der Waals surface area contributed by atoms with Crippen LogP contribution in [-0.2, 0) is 19.7 Å². The quantitative estimate of drug-likeness (QED) is 0.338. The minimum atomic E-state index is -0.0388. The van der Waals surface area contributed by atoms with Gasteiger partial charge in [-0.1, -0.05) is 30.3 Å². The maximum Gasteiger partial charge on any atom is 0.254 e. The zero-order valence-corrected chi connectivity index (χ0v) is 18.6. The summed E-state index contributed by atoms with van der Waals surface area (Å²) in [5, 5.41) is 2.02. The summed E-state index contributed by atoms with van der Waals surface area (Å²) in [7, 11) is 1.65. The lowest BCUT2D eigenvalue weighted by Crippen LogP contribution is -2.30. The molecule has 4 aromatic rings. The molecule has 0 unspecified atom stereocenters. The van der Waals surface area contributed by atoms with Gasteiger partial charge in [-0.3, -0.25) is 9.78 Å². The molecule has 0 aliphatic rings. The molecule has 4 rings (SSSR count). The molecule has 0 bridgehead atoms. The van der Waals surface area contributed by atoms with Crippen LogP contribution >= 0.6 is 11.3 Å². The summed E-state index contributed by atoms with van der Waals surface area (Å²) in [6.07, 6.45) is 3.51. The van der Waals surface area contributed by atoms with Gasteiger partial charge in [-0.15, -0.1) is 11.3 Å². The topological polar surface area (TPSA) is 51.7 Å². The minimum Gasteiger partial charge on any atom is -0.496 e. The van der Waals surface area contributed by atoms with Gasteiger partial charge >= 0.3 is 0 Å². The Morgan fingerprint density at radius 2 is 1.81 bits per heavy atom. The lowest BCUT2D eigenvalue weighted by molar-refractivity contribution is 0.0730. The van der Waals surface area contributed by atoms with Gasteiger partial charge in [-0.25, -0.2) is 0 Å². The van der Waals surface area contributed by atoms with Crippen molar-refractivity contribution in [1.29, 1.82) is 0 Å². The second kappa shape index (κ2) is 10.6. The molecule has 0 spiro atoms. The van der Waals surface area contributed by atoms with E-state index in [4.69, 9.17) is 9.47 Å². The number of hydrogen-bond donors (Lipinski definition) is 0. The Labute approximate surface area is 191 Å². The van der Waals surface area contributed by atoms with Crippen molar-refractivity contribution < 1.29 is 14.3 Å². The first-order chi connectivity index (χ1) is 15.7. The van der Waals surface area contributed by atoms with Crippen molar-refractivity contribution in [2.75, 3.05) is 7.11 Å². The van der Waals surface area contributed by atoms with Crippen molar-refractivity contribution in [3.63, 3.8) is 0 Å². The van der Waals surface area contributed by atoms with E-state index in [1.54, 1.807) is 30.8 Å². The molecule has 32 heavy (non-hydrogen) atoms. The van der Waals surface area contributed by atoms with Gasteiger partial charge in [0.05, 0.1) is 20.2 Å². The van der Waals surface area contributed by atoms with Gasteiger partial charge in [-0.05, 0) is 47.8 Å². The Kier molecular flexibility index (Phi) is 7.15. The zero-order chi connectivity index (χ0) is 22.2. The molecule has 0 fully saturated rings. The average molecular weight is 445 g/mol.